The smallest absolute Gasteiger partial charge is 0.333 e. The zero-order valence-electron chi connectivity index (χ0n) is 59.6. The van der Waals surface area contributed by atoms with Gasteiger partial charge in [0.2, 0.25) is 0 Å². The Bertz CT molecular complexity index is 919. The average Bonchev–Trinajstić information content (AvgIpc) is 3.65. The van der Waals surface area contributed by atoms with Crippen LogP contribution in [0, 0.1) is 5.41 Å². The van der Waals surface area contributed by atoms with Gasteiger partial charge in [0, 0.05) is 12.2 Å². The Balaban J connectivity index is 0.000000550. The van der Waals surface area contributed by atoms with Crippen LogP contribution in [-0.4, -0.2) is 24.3 Å². The molecule has 5 saturated carbocycles. The first-order valence-electron chi connectivity index (χ1n) is 41.0. The number of esters is 1. The van der Waals surface area contributed by atoms with E-state index in [0.717, 1.165) is 25.7 Å². The molecule has 0 spiro atoms. The summed E-state index contributed by atoms with van der Waals surface area (Å²) in [5.41, 5.74) is 0.591. The summed E-state index contributed by atoms with van der Waals surface area (Å²) in [7, 11) is 0. The molecular weight excluding hydrogens is 1040 g/mol. The Morgan fingerprint density at radius 2 is 0.384 bits per heavy atom. The molecule has 0 heterocycles. The van der Waals surface area contributed by atoms with Gasteiger partial charge in [-0.3, -0.25) is 0 Å². The maximum atomic E-state index is 11.7. The molecule has 0 atom stereocenters. The van der Waals surface area contributed by atoms with Gasteiger partial charge in [-0.2, -0.15) is 0 Å². The summed E-state index contributed by atoms with van der Waals surface area (Å²) in [5, 5.41) is 9.67. The van der Waals surface area contributed by atoms with Gasteiger partial charge in [0.1, 0.15) is 0 Å². The molecule has 5 fully saturated rings. The van der Waals surface area contributed by atoms with Crippen molar-refractivity contribution in [3.8, 4) is 0 Å². The van der Waals surface area contributed by atoms with Crippen LogP contribution in [0.4, 0.5) is 0 Å². The molecular formula is C83H162O3. The summed E-state index contributed by atoms with van der Waals surface area (Å²) in [6.07, 6.45) is 110. The molecule has 3 heteroatoms. The first-order valence-corrected chi connectivity index (χ1v) is 41.0. The van der Waals surface area contributed by atoms with Gasteiger partial charge in [-0.1, -0.05) is 469 Å². The lowest BCUT2D eigenvalue weighted by atomic mass is 9.73. The molecule has 1 N–H and O–H groups in total. The third-order valence-electron chi connectivity index (χ3n) is 21.0. The number of carbonyl (C=O) groups is 1. The van der Waals surface area contributed by atoms with Gasteiger partial charge >= 0.3 is 5.97 Å². The number of hydrogen-bond acceptors (Lipinski definition) is 3. The molecule has 5 aliphatic carbocycles. The average molecular weight is 1210 g/mol. The number of ether oxygens (including phenoxy) is 1. The Morgan fingerprint density at radius 3 is 0.500 bits per heavy atom. The predicted molar refractivity (Wildman–Crippen MR) is 386 cm³/mol. The molecule has 0 aromatic heterocycles. The van der Waals surface area contributed by atoms with E-state index in [0.29, 0.717) is 12.2 Å². The van der Waals surface area contributed by atoms with Crippen LogP contribution in [0.5, 0.6) is 0 Å². The van der Waals surface area contributed by atoms with Crippen molar-refractivity contribution in [3.63, 3.8) is 0 Å². The van der Waals surface area contributed by atoms with E-state index in [-0.39, 0.29) is 18.0 Å². The van der Waals surface area contributed by atoms with Crippen LogP contribution in [0.1, 0.15) is 495 Å². The van der Waals surface area contributed by atoms with Crippen molar-refractivity contribution in [2.45, 2.75) is 495 Å². The lowest BCUT2D eigenvalue weighted by Crippen LogP contribution is -2.25. The predicted octanol–water partition coefficient (Wildman–Crippen LogP) is 29.7. The van der Waals surface area contributed by atoms with E-state index in [1.807, 2.05) is 0 Å². The number of aliphatic hydroxyl groups excluding tert-OH is 1. The van der Waals surface area contributed by atoms with E-state index >= 15 is 0 Å². The van der Waals surface area contributed by atoms with Crippen LogP contribution >= 0.6 is 0 Å². The summed E-state index contributed by atoms with van der Waals surface area (Å²) in [6.45, 7) is 6.02. The Morgan fingerprint density at radius 1 is 0.256 bits per heavy atom. The van der Waals surface area contributed by atoms with Gasteiger partial charge in [0.05, 0.1) is 6.61 Å². The van der Waals surface area contributed by atoms with Crippen molar-refractivity contribution in [1.29, 1.82) is 0 Å². The van der Waals surface area contributed by atoms with Crippen molar-refractivity contribution < 1.29 is 14.6 Å². The van der Waals surface area contributed by atoms with Gasteiger partial charge in [0.15, 0.2) is 0 Å². The first kappa shape index (κ1) is 83.2. The molecule has 0 unspecified atom stereocenters. The fraction of sp³-hybridized carbons (Fsp3) is 0.964. The third kappa shape index (κ3) is 64.7. The lowest BCUT2D eigenvalue weighted by Gasteiger charge is -2.34. The number of aliphatic hydroxyl groups is 1. The molecule has 5 rings (SSSR count). The first-order chi connectivity index (χ1) is 42.6. The summed E-state index contributed by atoms with van der Waals surface area (Å²) < 4.78 is 5.38. The largest absolute Gasteiger partial charge is 0.462 e. The van der Waals surface area contributed by atoms with Crippen LogP contribution in [0.15, 0.2) is 12.2 Å². The topological polar surface area (TPSA) is 46.5 Å². The molecule has 0 radical (unpaired) electrons. The van der Waals surface area contributed by atoms with Gasteiger partial charge in [0.25, 0.3) is 0 Å². The minimum absolute atomic E-state index is 0.129. The third-order valence-corrected chi connectivity index (χ3v) is 21.0. The van der Waals surface area contributed by atoms with Crippen LogP contribution < -0.4 is 0 Å². The maximum absolute atomic E-state index is 11.7. The molecule has 0 aromatic carbocycles. The van der Waals surface area contributed by atoms with E-state index in [2.05, 4.69) is 6.58 Å². The highest BCUT2D eigenvalue weighted by Crippen LogP contribution is 2.39. The van der Waals surface area contributed by atoms with Crippen molar-refractivity contribution in [3.05, 3.63) is 12.2 Å². The highest BCUT2D eigenvalue weighted by molar-refractivity contribution is 5.86. The van der Waals surface area contributed by atoms with E-state index in [1.54, 1.807) is 6.92 Å². The van der Waals surface area contributed by atoms with Crippen LogP contribution in [0.2, 0.25) is 0 Å². The van der Waals surface area contributed by atoms with E-state index in [4.69, 9.17) is 4.74 Å². The number of carbonyl (C=O) groups excluding carboxylic acids is 1. The van der Waals surface area contributed by atoms with Gasteiger partial charge < -0.3 is 9.84 Å². The highest BCUT2D eigenvalue weighted by Gasteiger charge is 2.29. The second-order valence-corrected chi connectivity index (χ2v) is 29.6. The minimum Gasteiger partial charge on any atom is -0.462 e. The SMILES string of the molecule is C1CCCCCCCCCCCCCC1.C1CCCCCCCCCCCCCC1.C1CCCCCCCCCCCCCC1.C1CCCCCCCCCCCCCC1.C=C(C)C(=O)OCCC1(CCO)CCCCCCCCCCCCCC1. The van der Waals surface area contributed by atoms with Gasteiger partial charge in [-0.25, -0.2) is 4.79 Å². The Labute approximate surface area is 543 Å². The molecule has 512 valence electrons. The lowest BCUT2D eigenvalue weighted by molar-refractivity contribution is -0.139. The second-order valence-electron chi connectivity index (χ2n) is 29.6. The van der Waals surface area contributed by atoms with Gasteiger partial charge in [-0.15, -0.1) is 0 Å². The normalized spacial score (nSPS) is 23.0. The molecule has 5 aliphatic rings. The van der Waals surface area contributed by atoms with E-state index in [1.165, 1.54) is 462 Å². The zero-order valence-corrected chi connectivity index (χ0v) is 59.6. The molecule has 0 amide bonds. The Kier molecular flexibility index (Phi) is 69.3. The maximum Gasteiger partial charge on any atom is 0.333 e. The van der Waals surface area contributed by atoms with Crippen LogP contribution in [-0.2, 0) is 9.53 Å². The fourth-order valence-corrected chi connectivity index (χ4v) is 14.8. The second kappa shape index (κ2) is 71.6. The summed E-state index contributed by atoms with van der Waals surface area (Å²) >= 11 is 0. The monoisotopic (exact) mass is 1210 g/mol. The number of hydrogen-bond donors (Lipinski definition) is 1. The zero-order chi connectivity index (χ0) is 61.5. The number of rotatable bonds is 6. The van der Waals surface area contributed by atoms with E-state index < -0.39 is 0 Å². The quantitative estimate of drug-likeness (QED) is 0.213. The minimum atomic E-state index is -0.290. The summed E-state index contributed by atoms with van der Waals surface area (Å²) in [4.78, 5) is 11.7. The molecule has 0 bridgehead atoms. The molecule has 0 aliphatic heterocycles. The van der Waals surface area contributed by atoms with Crippen molar-refractivity contribution in [2.24, 2.45) is 5.41 Å². The Hall–Kier alpha value is -0.830. The van der Waals surface area contributed by atoms with Gasteiger partial charge in [-0.05, 0) is 38.0 Å². The van der Waals surface area contributed by atoms with Crippen molar-refractivity contribution >= 4 is 5.97 Å². The summed E-state index contributed by atoms with van der Waals surface area (Å²) in [6, 6.07) is 0. The summed E-state index contributed by atoms with van der Waals surface area (Å²) in [5.74, 6) is -0.290. The molecule has 3 nitrogen and oxygen atoms in total. The van der Waals surface area contributed by atoms with Crippen LogP contribution in [0.3, 0.4) is 0 Å². The highest BCUT2D eigenvalue weighted by atomic mass is 16.5. The van der Waals surface area contributed by atoms with Crippen molar-refractivity contribution in [1.82, 2.24) is 0 Å². The van der Waals surface area contributed by atoms with E-state index in [9.17, 15) is 9.90 Å². The standard InChI is InChI=1S/C23H42O3.4C15H30/c1-21(2)22(25)26-20-18-23(17-19-24)15-13-11-9-7-5-3-4-6-8-10-12-14-16-23;4*1-2-4-6-8-10-12-14-15-13-11-9-7-5-3-1/h24H,1,3-20H2,2H3;4*1-15H2. The molecule has 86 heavy (non-hydrogen) atoms. The van der Waals surface area contributed by atoms with Crippen molar-refractivity contribution in [2.75, 3.05) is 13.2 Å². The van der Waals surface area contributed by atoms with Crippen LogP contribution in [0.25, 0.3) is 0 Å². The molecule has 0 saturated heterocycles. The fourth-order valence-electron chi connectivity index (χ4n) is 14.8. The molecule has 0 aromatic rings.